The van der Waals surface area contributed by atoms with Gasteiger partial charge in [0, 0.05) is 12.8 Å². The van der Waals surface area contributed by atoms with Crippen LogP contribution in [-0.2, 0) is 27.9 Å². The predicted octanol–water partition coefficient (Wildman–Crippen LogP) is 20.3. The molecule has 0 bridgehead atoms. The number of hydrogen-bond donors (Lipinski definition) is 2. The summed E-state index contributed by atoms with van der Waals surface area (Å²) >= 11 is 0. The quantitative estimate of drug-likeness (QED) is 0.0205. The monoisotopic (exact) mass is 1080 g/mol. The molecule has 0 aromatic rings. The van der Waals surface area contributed by atoms with Crippen molar-refractivity contribution in [1.29, 1.82) is 0 Å². The molecular formula is C65H130N2O7P+. The molecule has 0 radical (unpaired) electrons. The normalized spacial score (nSPS) is 13.6. The molecule has 75 heavy (non-hydrogen) atoms. The third kappa shape index (κ3) is 57.3. The molecule has 3 atom stereocenters. The van der Waals surface area contributed by atoms with Crippen molar-refractivity contribution in [3.63, 3.8) is 0 Å². The lowest BCUT2D eigenvalue weighted by Gasteiger charge is -2.27. The number of nitrogens with zero attached hydrogens (tertiary/aromatic N) is 1. The maximum Gasteiger partial charge on any atom is 0.472 e. The van der Waals surface area contributed by atoms with Gasteiger partial charge < -0.3 is 19.4 Å². The van der Waals surface area contributed by atoms with Gasteiger partial charge >= 0.3 is 13.8 Å². The number of quaternary nitrogens is 1. The SMILES string of the molecule is CCCCCCCCCCC/C=C\C(OC(=O)CCCCCCCCCCCCCCCCC)C(COP(=O)(O)OCC[N+](C)(C)C)NC(=O)CCCCCCCCCCCCCCCCCCCCCCCCC. The van der Waals surface area contributed by atoms with Crippen LogP contribution in [0, 0.1) is 0 Å². The lowest BCUT2D eigenvalue weighted by Crippen LogP contribution is -2.47. The summed E-state index contributed by atoms with van der Waals surface area (Å²) in [6.45, 7) is 7.07. The van der Waals surface area contributed by atoms with Crippen molar-refractivity contribution in [2.45, 2.75) is 354 Å². The van der Waals surface area contributed by atoms with Gasteiger partial charge in [-0.3, -0.25) is 18.6 Å². The number of phosphoric ester groups is 1. The molecule has 0 aliphatic heterocycles. The predicted molar refractivity (Wildman–Crippen MR) is 323 cm³/mol. The summed E-state index contributed by atoms with van der Waals surface area (Å²) < 4.78 is 30.7. The maximum atomic E-state index is 13.6. The Hall–Kier alpha value is -1.25. The molecule has 0 fully saturated rings. The molecule has 0 rings (SSSR count). The van der Waals surface area contributed by atoms with E-state index < -0.39 is 20.0 Å². The van der Waals surface area contributed by atoms with E-state index in [1.165, 1.54) is 250 Å². The molecule has 0 spiro atoms. The molecule has 10 heteroatoms. The van der Waals surface area contributed by atoms with Gasteiger partial charge in [-0.2, -0.15) is 0 Å². The Labute approximate surface area is 467 Å². The van der Waals surface area contributed by atoms with Crippen molar-refractivity contribution < 1.29 is 37.3 Å². The fourth-order valence-corrected chi connectivity index (χ4v) is 10.9. The van der Waals surface area contributed by atoms with E-state index in [0.717, 1.165) is 57.8 Å². The number of carbonyl (C=O) groups is 2. The van der Waals surface area contributed by atoms with Crippen LogP contribution in [0.3, 0.4) is 0 Å². The second kappa shape index (κ2) is 56.0. The van der Waals surface area contributed by atoms with E-state index in [0.29, 0.717) is 23.9 Å². The fraction of sp³-hybridized carbons (Fsp3) is 0.938. The summed E-state index contributed by atoms with van der Waals surface area (Å²) in [5, 5.41) is 3.07. The standard InChI is InChI=1S/C65H129N2O7P/c1-7-10-13-16-19-22-25-27-29-30-31-32-33-34-35-36-38-39-42-45-48-51-54-57-64(68)66-62(61-73-75(70,71)72-60-59-67(4,5)6)63(56-53-50-47-44-41-24-21-18-15-12-9-3)74-65(69)58-55-52-49-46-43-40-37-28-26-23-20-17-14-11-8-2/h53,56,62-63H,7-52,54-55,57-61H2,1-6H3,(H-,66,68,70,71)/p+1/b56-53-. The molecule has 3 unspecified atom stereocenters. The van der Waals surface area contributed by atoms with Gasteiger partial charge in [-0.1, -0.05) is 309 Å². The Morgan fingerprint density at radius 1 is 0.453 bits per heavy atom. The van der Waals surface area contributed by atoms with E-state index in [9.17, 15) is 19.0 Å². The summed E-state index contributed by atoms with van der Waals surface area (Å²) in [6, 6.07) is -0.839. The fourth-order valence-electron chi connectivity index (χ4n) is 10.1. The van der Waals surface area contributed by atoms with Crippen molar-refractivity contribution in [2.75, 3.05) is 40.9 Å². The molecule has 0 aromatic heterocycles. The third-order valence-corrected chi connectivity index (χ3v) is 16.2. The first-order chi connectivity index (χ1) is 36.4. The van der Waals surface area contributed by atoms with Crippen molar-refractivity contribution in [3.05, 3.63) is 12.2 Å². The first kappa shape index (κ1) is 73.8. The number of allylic oxidation sites excluding steroid dienone is 1. The molecule has 0 heterocycles. The van der Waals surface area contributed by atoms with Crippen LogP contribution in [0.25, 0.3) is 0 Å². The van der Waals surface area contributed by atoms with Gasteiger partial charge in [-0.25, -0.2) is 4.57 Å². The molecule has 0 saturated carbocycles. The Balaban J connectivity index is 5.04. The number of amides is 1. The molecular weight excluding hydrogens is 952 g/mol. The average Bonchev–Trinajstić information content (AvgIpc) is 3.37. The van der Waals surface area contributed by atoms with E-state index in [1.807, 2.05) is 33.3 Å². The highest BCUT2D eigenvalue weighted by molar-refractivity contribution is 7.47. The number of nitrogens with one attached hydrogen (secondary N) is 1. The number of ether oxygens (including phenoxy) is 1. The van der Waals surface area contributed by atoms with E-state index in [-0.39, 0.29) is 25.1 Å². The number of rotatable bonds is 61. The Bertz CT molecular complexity index is 1290. The second-order valence-electron chi connectivity index (χ2n) is 24.0. The molecule has 0 aliphatic rings. The van der Waals surface area contributed by atoms with Crippen LogP contribution < -0.4 is 5.32 Å². The van der Waals surface area contributed by atoms with Crippen LogP contribution in [0.2, 0.25) is 0 Å². The van der Waals surface area contributed by atoms with Crippen LogP contribution in [0.15, 0.2) is 12.2 Å². The van der Waals surface area contributed by atoms with Crippen molar-refractivity contribution in [1.82, 2.24) is 5.32 Å². The van der Waals surface area contributed by atoms with Gasteiger partial charge in [0.05, 0.1) is 33.8 Å². The molecule has 2 N–H and O–H groups in total. The average molecular weight is 1080 g/mol. The van der Waals surface area contributed by atoms with Crippen molar-refractivity contribution in [3.8, 4) is 0 Å². The number of esters is 1. The first-order valence-electron chi connectivity index (χ1n) is 33.0. The molecule has 1 amide bonds. The number of phosphoric acid groups is 1. The second-order valence-corrected chi connectivity index (χ2v) is 25.5. The Kier molecular flexibility index (Phi) is 55.1. The summed E-state index contributed by atoms with van der Waals surface area (Å²) in [5.41, 5.74) is 0. The zero-order valence-corrected chi connectivity index (χ0v) is 52.0. The number of unbranched alkanes of at least 4 members (excludes halogenated alkanes) is 45. The molecule has 0 saturated heterocycles. The van der Waals surface area contributed by atoms with Crippen LogP contribution in [0.1, 0.15) is 342 Å². The summed E-state index contributed by atoms with van der Waals surface area (Å²) in [7, 11) is 1.52. The summed E-state index contributed by atoms with van der Waals surface area (Å²) in [5.74, 6) is -0.482. The topological polar surface area (TPSA) is 111 Å². The van der Waals surface area contributed by atoms with Gasteiger partial charge in [0.1, 0.15) is 19.3 Å². The minimum Gasteiger partial charge on any atom is -0.456 e. The summed E-state index contributed by atoms with van der Waals surface area (Å²) in [4.78, 5) is 37.7. The zero-order chi connectivity index (χ0) is 55.0. The van der Waals surface area contributed by atoms with Gasteiger partial charge in [0.25, 0.3) is 0 Å². The smallest absolute Gasteiger partial charge is 0.456 e. The minimum absolute atomic E-state index is 0.0458. The van der Waals surface area contributed by atoms with Crippen LogP contribution in [-0.4, -0.2) is 74.3 Å². The maximum absolute atomic E-state index is 13.6. The Morgan fingerprint density at radius 2 is 0.760 bits per heavy atom. The zero-order valence-electron chi connectivity index (χ0n) is 51.1. The molecule has 0 aromatic carbocycles. The first-order valence-corrected chi connectivity index (χ1v) is 34.5. The van der Waals surface area contributed by atoms with E-state index in [4.69, 9.17) is 13.8 Å². The van der Waals surface area contributed by atoms with Crippen LogP contribution >= 0.6 is 7.82 Å². The van der Waals surface area contributed by atoms with Gasteiger partial charge in [-0.05, 0) is 31.8 Å². The molecule has 0 aliphatic carbocycles. The highest BCUT2D eigenvalue weighted by Gasteiger charge is 2.30. The van der Waals surface area contributed by atoms with E-state index in [1.54, 1.807) is 0 Å². The highest BCUT2D eigenvalue weighted by Crippen LogP contribution is 2.43. The molecule has 9 nitrogen and oxygen atoms in total. The van der Waals surface area contributed by atoms with Gasteiger partial charge in [0.2, 0.25) is 5.91 Å². The number of hydrogen-bond acceptors (Lipinski definition) is 6. The van der Waals surface area contributed by atoms with E-state index >= 15 is 0 Å². The largest absolute Gasteiger partial charge is 0.472 e. The molecule has 446 valence electrons. The Morgan fingerprint density at radius 3 is 1.09 bits per heavy atom. The van der Waals surface area contributed by atoms with E-state index in [2.05, 4.69) is 26.1 Å². The van der Waals surface area contributed by atoms with Crippen LogP contribution in [0.5, 0.6) is 0 Å². The van der Waals surface area contributed by atoms with Crippen molar-refractivity contribution in [2.24, 2.45) is 0 Å². The number of carbonyl (C=O) groups excluding carboxylic acids is 2. The van der Waals surface area contributed by atoms with Gasteiger partial charge in [0.15, 0.2) is 0 Å². The third-order valence-electron chi connectivity index (χ3n) is 15.2. The van der Waals surface area contributed by atoms with Crippen molar-refractivity contribution >= 4 is 19.7 Å². The highest BCUT2D eigenvalue weighted by atomic mass is 31.2. The summed E-state index contributed by atoms with van der Waals surface area (Å²) in [6.07, 6.45) is 65.0. The van der Waals surface area contributed by atoms with Gasteiger partial charge in [-0.15, -0.1) is 0 Å². The lowest BCUT2D eigenvalue weighted by molar-refractivity contribution is -0.870. The number of likely N-dealkylation sites (N-methyl/N-ethyl adjacent to an activating group) is 1. The van der Waals surface area contributed by atoms with Crippen LogP contribution in [0.4, 0.5) is 0 Å². The lowest BCUT2D eigenvalue weighted by atomic mass is 10.0. The minimum atomic E-state index is -4.44.